The number of aldehydes is 1. The summed E-state index contributed by atoms with van der Waals surface area (Å²) >= 11 is 0. The Bertz CT molecular complexity index is 284. The third-order valence-electron chi connectivity index (χ3n) is 5.00. The molecule has 0 heterocycles. The smallest absolute Gasteiger partial charge is 0.145 e. The van der Waals surface area contributed by atoms with Crippen LogP contribution < -0.4 is 0 Å². The van der Waals surface area contributed by atoms with Crippen molar-refractivity contribution in [3.05, 3.63) is 11.1 Å². The van der Waals surface area contributed by atoms with Crippen LogP contribution in [0.25, 0.3) is 0 Å². The van der Waals surface area contributed by atoms with E-state index in [2.05, 4.69) is 20.8 Å². The van der Waals surface area contributed by atoms with Crippen molar-refractivity contribution in [2.75, 3.05) is 0 Å². The van der Waals surface area contributed by atoms with Crippen molar-refractivity contribution in [3.63, 3.8) is 0 Å². The number of unbranched alkanes of at least 4 members (excludes halogenated alkanes) is 12. The summed E-state index contributed by atoms with van der Waals surface area (Å²) in [5.41, 5.74) is 2.44. The Hall–Kier alpha value is -0.590. The lowest BCUT2D eigenvalue weighted by atomic mass is 9.98. The summed E-state index contributed by atoms with van der Waals surface area (Å²) in [5.74, 6) is 0. The summed E-state index contributed by atoms with van der Waals surface area (Å²) in [6.45, 7) is 6.60. The highest BCUT2D eigenvalue weighted by Crippen LogP contribution is 2.18. The fourth-order valence-corrected chi connectivity index (χ4v) is 3.36. The number of rotatable bonds is 17. The van der Waals surface area contributed by atoms with Gasteiger partial charge in [0.25, 0.3) is 0 Å². The van der Waals surface area contributed by atoms with Gasteiger partial charge in [0, 0.05) is 0 Å². The SMILES string of the molecule is CCCCCCCCCCCCCCCC(C=O)=C(CC)CC. The van der Waals surface area contributed by atoms with Gasteiger partial charge in [-0.1, -0.05) is 103 Å². The molecule has 1 nitrogen and oxygen atoms in total. The molecule has 0 aliphatic carbocycles. The van der Waals surface area contributed by atoms with E-state index >= 15 is 0 Å². The number of carbonyl (C=O) groups excluding carboxylic acids is 1. The minimum Gasteiger partial charge on any atom is -0.298 e. The second kappa shape index (κ2) is 17.8. The lowest BCUT2D eigenvalue weighted by Crippen LogP contribution is -1.93. The zero-order valence-electron chi connectivity index (χ0n) is 16.3. The van der Waals surface area contributed by atoms with Gasteiger partial charge >= 0.3 is 0 Å². The summed E-state index contributed by atoms with van der Waals surface area (Å²) in [6.07, 6.45) is 22.1. The minimum absolute atomic E-state index is 0.998. The Morgan fingerprint density at radius 3 is 1.35 bits per heavy atom. The Labute approximate surface area is 146 Å². The van der Waals surface area contributed by atoms with Crippen LogP contribution in [-0.4, -0.2) is 6.29 Å². The Kier molecular flexibility index (Phi) is 17.3. The molecular formula is C22H42O. The first-order chi connectivity index (χ1) is 11.3. The van der Waals surface area contributed by atoms with Crippen molar-refractivity contribution in [1.82, 2.24) is 0 Å². The zero-order chi connectivity index (χ0) is 17.2. The fraction of sp³-hybridized carbons (Fsp3) is 0.864. The van der Waals surface area contributed by atoms with E-state index in [0.29, 0.717) is 0 Å². The van der Waals surface area contributed by atoms with Crippen molar-refractivity contribution < 1.29 is 4.79 Å². The Balaban J connectivity index is 3.39. The van der Waals surface area contributed by atoms with Crippen molar-refractivity contribution in [3.8, 4) is 0 Å². The molecule has 0 spiro atoms. The van der Waals surface area contributed by atoms with Gasteiger partial charge in [0.2, 0.25) is 0 Å². The van der Waals surface area contributed by atoms with E-state index < -0.39 is 0 Å². The number of carbonyl (C=O) groups is 1. The van der Waals surface area contributed by atoms with Gasteiger partial charge < -0.3 is 0 Å². The molecule has 0 aromatic carbocycles. The maximum atomic E-state index is 11.2. The predicted molar refractivity (Wildman–Crippen MR) is 104 cm³/mol. The summed E-state index contributed by atoms with van der Waals surface area (Å²) in [6, 6.07) is 0. The number of hydrogen-bond acceptors (Lipinski definition) is 1. The van der Waals surface area contributed by atoms with Crippen molar-refractivity contribution in [2.24, 2.45) is 0 Å². The van der Waals surface area contributed by atoms with Crippen LogP contribution in [0.15, 0.2) is 11.1 Å². The molecule has 0 saturated carbocycles. The van der Waals surface area contributed by atoms with Crippen LogP contribution >= 0.6 is 0 Å². The molecule has 0 aromatic rings. The topological polar surface area (TPSA) is 17.1 Å². The molecule has 0 rings (SSSR count). The van der Waals surface area contributed by atoms with Gasteiger partial charge in [-0.3, -0.25) is 4.79 Å². The normalized spacial score (nSPS) is 10.7. The Morgan fingerprint density at radius 1 is 0.609 bits per heavy atom. The highest BCUT2D eigenvalue weighted by molar-refractivity contribution is 5.74. The maximum absolute atomic E-state index is 11.2. The van der Waals surface area contributed by atoms with E-state index in [0.717, 1.165) is 31.1 Å². The first-order valence-electron chi connectivity index (χ1n) is 10.5. The van der Waals surface area contributed by atoms with Crippen molar-refractivity contribution in [1.29, 1.82) is 0 Å². The van der Waals surface area contributed by atoms with Crippen molar-refractivity contribution in [2.45, 2.75) is 124 Å². The highest BCUT2D eigenvalue weighted by atomic mass is 16.1. The maximum Gasteiger partial charge on any atom is 0.145 e. The average Bonchev–Trinajstić information content (AvgIpc) is 2.58. The molecule has 136 valence electrons. The molecule has 0 bridgehead atoms. The second-order valence-electron chi connectivity index (χ2n) is 6.95. The molecule has 0 aliphatic rings. The molecule has 23 heavy (non-hydrogen) atoms. The van der Waals surface area contributed by atoms with Gasteiger partial charge in [-0.25, -0.2) is 0 Å². The summed E-state index contributed by atoms with van der Waals surface area (Å²) in [5, 5.41) is 0. The van der Waals surface area contributed by atoms with E-state index in [1.807, 2.05) is 0 Å². The van der Waals surface area contributed by atoms with Crippen LogP contribution in [0, 0.1) is 0 Å². The van der Waals surface area contributed by atoms with Gasteiger partial charge in [-0.05, 0) is 31.3 Å². The predicted octanol–water partition coefficient (Wildman–Crippen LogP) is 7.78. The molecule has 0 radical (unpaired) electrons. The molecule has 0 saturated heterocycles. The molecule has 0 aliphatic heterocycles. The number of hydrogen-bond donors (Lipinski definition) is 0. The third-order valence-corrected chi connectivity index (χ3v) is 5.00. The van der Waals surface area contributed by atoms with Gasteiger partial charge in [0.05, 0.1) is 0 Å². The van der Waals surface area contributed by atoms with Gasteiger partial charge in [-0.15, -0.1) is 0 Å². The number of allylic oxidation sites excluding steroid dienone is 2. The minimum atomic E-state index is 0.998. The van der Waals surface area contributed by atoms with Gasteiger partial charge in [-0.2, -0.15) is 0 Å². The molecule has 0 aromatic heterocycles. The largest absolute Gasteiger partial charge is 0.298 e. The van der Waals surface area contributed by atoms with Crippen LogP contribution in [-0.2, 0) is 4.79 Å². The lowest BCUT2D eigenvalue weighted by Gasteiger charge is -2.07. The van der Waals surface area contributed by atoms with Gasteiger partial charge in [0.15, 0.2) is 0 Å². The third kappa shape index (κ3) is 13.5. The van der Waals surface area contributed by atoms with Crippen LogP contribution in [0.5, 0.6) is 0 Å². The fourth-order valence-electron chi connectivity index (χ4n) is 3.36. The summed E-state index contributed by atoms with van der Waals surface area (Å²) in [4.78, 5) is 11.2. The molecule has 0 N–H and O–H groups in total. The Morgan fingerprint density at radius 2 is 1.00 bits per heavy atom. The van der Waals surface area contributed by atoms with E-state index in [1.54, 1.807) is 0 Å². The first kappa shape index (κ1) is 22.4. The first-order valence-corrected chi connectivity index (χ1v) is 10.5. The van der Waals surface area contributed by atoms with Crippen LogP contribution in [0.1, 0.15) is 124 Å². The zero-order valence-corrected chi connectivity index (χ0v) is 16.3. The quantitative estimate of drug-likeness (QED) is 0.152. The van der Waals surface area contributed by atoms with E-state index in [4.69, 9.17) is 0 Å². The second-order valence-corrected chi connectivity index (χ2v) is 6.95. The van der Waals surface area contributed by atoms with Crippen LogP contribution in [0.3, 0.4) is 0 Å². The summed E-state index contributed by atoms with van der Waals surface area (Å²) in [7, 11) is 0. The monoisotopic (exact) mass is 322 g/mol. The van der Waals surface area contributed by atoms with E-state index in [1.165, 1.54) is 89.0 Å². The molecule has 0 fully saturated rings. The summed E-state index contributed by atoms with van der Waals surface area (Å²) < 4.78 is 0. The standard InChI is InChI=1S/C22H42O/c1-4-7-8-9-10-11-12-13-14-15-16-17-18-19-22(20-23)21(5-2)6-3/h20H,4-19H2,1-3H3. The molecule has 0 atom stereocenters. The van der Waals surface area contributed by atoms with Crippen LogP contribution in [0.4, 0.5) is 0 Å². The van der Waals surface area contributed by atoms with Crippen molar-refractivity contribution >= 4 is 6.29 Å². The molecule has 0 unspecified atom stereocenters. The van der Waals surface area contributed by atoms with E-state index in [-0.39, 0.29) is 0 Å². The molecule has 1 heteroatoms. The molecular weight excluding hydrogens is 280 g/mol. The molecule has 0 amide bonds. The highest BCUT2D eigenvalue weighted by Gasteiger charge is 2.02. The van der Waals surface area contributed by atoms with Crippen LogP contribution in [0.2, 0.25) is 0 Å². The van der Waals surface area contributed by atoms with E-state index in [9.17, 15) is 4.79 Å². The van der Waals surface area contributed by atoms with Gasteiger partial charge in [0.1, 0.15) is 6.29 Å². The average molecular weight is 323 g/mol. The lowest BCUT2D eigenvalue weighted by molar-refractivity contribution is -0.105.